The maximum absolute atomic E-state index is 13.5. The Kier molecular flexibility index (Phi) is 5.46. The van der Waals surface area contributed by atoms with Gasteiger partial charge in [-0.3, -0.25) is 4.57 Å². The van der Waals surface area contributed by atoms with E-state index in [0.717, 1.165) is 6.26 Å². The third-order valence-electron chi connectivity index (χ3n) is 4.32. The van der Waals surface area contributed by atoms with Crippen LogP contribution in [0.4, 0.5) is 4.39 Å². The van der Waals surface area contributed by atoms with Crippen LogP contribution in [-0.4, -0.2) is 43.7 Å². The van der Waals surface area contributed by atoms with Crippen molar-refractivity contribution in [2.24, 2.45) is 0 Å². The van der Waals surface area contributed by atoms with Crippen molar-refractivity contribution in [1.29, 1.82) is 0 Å². The van der Waals surface area contributed by atoms with E-state index < -0.39 is 27.4 Å². The molecule has 150 valence electrons. The largest absolute Gasteiger partial charge is 0.493 e. The number of H-pyrrole nitrogens is 1. The van der Waals surface area contributed by atoms with E-state index in [1.807, 2.05) is 6.92 Å². The fraction of sp³-hybridized carbons (Fsp3) is 0.316. The molecule has 3 rings (SSSR count). The monoisotopic (exact) mass is 408 g/mol. The van der Waals surface area contributed by atoms with Crippen LogP contribution in [0, 0.1) is 5.82 Å². The van der Waals surface area contributed by atoms with Gasteiger partial charge in [-0.1, -0.05) is 6.07 Å². The molecule has 0 amide bonds. The Hall–Kier alpha value is -2.81. The molecular formula is C19H21FN2O5S. The van der Waals surface area contributed by atoms with E-state index in [1.54, 1.807) is 18.2 Å². The average Bonchev–Trinajstić information content (AvgIpc) is 2.94. The third kappa shape index (κ3) is 4.04. The normalized spacial score (nSPS) is 12.9. The Balaban J connectivity index is 2.23. The zero-order chi connectivity index (χ0) is 20.5. The zero-order valence-electron chi connectivity index (χ0n) is 15.7. The van der Waals surface area contributed by atoms with Crippen molar-refractivity contribution < 1.29 is 22.3 Å². The molecular weight excluding hydrogens is 387 g/mol. The highest BCUT2D eigenvalue weighted by molar-refractivity contribution is 7.90. The van der Waals surface area contributed by atoms with Crippen LogP contribution in [0.3, 0.4) is 0 Å². The second kappa shape index (κ2) is 7.67. The molecule has 1 aromatic heterocycles. The van der Waals surface area contributed by atoms with E-state index in [-0.39, 0.29) is 5.75 Å². The van der Waals surface area contributed by atoms with Crippen LogP contribution in [-0.2, 0) is 9.84 Å². The standard InChI is InChI=1S/C19H21FN2O5S/c1-4-27-18-9-12(5-8-17(18)26-2)16(11-28(3,24)25)22-15-7-6-13(20)10-14(15)21-19(22)23/h5-10,16H,4,11H2,1-3H3,(H,21,23). The first-order valence-electron chi connectivity index (χ1n) is 8.61. The molecule has 0 saturated carbocycles. The van der Waals surface area contributed by atoms with Crippen LogP contribution in [0.5, 0.6) is 11.5 Å². The molecule has 0 aliphatic rings. The zero-order valence-corrected chi connectivity index (χ0v) is 16.5. The number of ether oxygens (including phenoxy) is 2. The lowest BCUT2D eigenvalue weighted by atomic mass is 10.1. The predicted molar refractivity (Wildman–Crippen MR) is 105 cm³/mol. The average molecular weight is 408 g/mol. The van der Waals surface area contributed by atoms with Crippen molar-refractivity contribution in [2.75, 3.05) is 25.7 Å². The van der Waals surface area contributed by atoms with Gasteiger partial charge < -0.3 is 14.5 Å². The quantitative estimate of drug-likeness (QED) is 0.649. The van der Waals surface area contributed by atoms with E-state index in [1.165, 1.54) is 29.9 Å². The van der Waals surface area contributed by atoms with Crippen LogP contribution in [0.25, 0.3) is 11.0 Å². The van der Waals surface area contributed by atoms with Gasteiger partial charge in [0.15, 0.2) is 11.5 Å². The van der Waals surface area contributed by atoms with Gasteiger partial charge in [-0.2, -0.15) is 0 Å². The first kappa shape index (κ1) is 19.9. The number of nitrogens with one attached hydrogen (secondary N) is 1. The molecule has 0 bridgehead atoms. The molecule has 1 heterocycles. The van der Waals surface area contributed by atoms with Gasteiger partial charge in [-0.05, 0) is 42.8 Å². The molecule has 28 heavy (non-hydrogen) atoms. The van der Waals surface area contributed by atoms with Gasteiger partial charge in [0, 0.05) is 6.26 Å². The Morgan fingerprint density at radius 3 is 2.57 bits per heavy atom. The number of imidazole rings is 1. The number of halogens is 1. The summed E-state index contributed by atoms with van der Waals surface area (Å²) in [5, 5.41) is 0. The van der Waals surface area contributed by atoms with E-state index in [4.69, 9.17) is 9.47 Å². The smallest absolute Gasteiger partial charge is 0.327 e. The van der Waals surface area contributed by atoms with Crippen molar-refractivity contribution in [3.05, 3.63) is 58.3 Å². The summed E-state index contributed by atoms with van der Waals surface area (Å²) in [5.41, 5.74) is 0.737. The van der Waals surface area contributed by atoms with E-state index in [9.17, 15) is 17.6 Å². The first-order valence-corrected chi connectivity index (χ1v) is 10.7. The second-order valence-electron chi connectivity index (χ2n) is 6.41. The molecule has 7 nitrogen and oxygen atoms in total. The molecule has 3 aromatic rings. The summed E-state index contributed by atoms with van der Waals surface area (Å²) in [6.07, 6.45) is 1.10. The van der Waals surface area contributed by atoms with Crippen molar-refractivity contribution in [1.82, 2.24) is 9.55 Å². The topological polar surface area (TPSA) is 90.4 Å². The van der Waals surface area contributed by atoms with Crippen LogP contribution >= 0.6 is 0 Å². The Morgan fingerprint density at radius 1 is 1.18 bits per heavy atom. The number of hydrogen-bond donors (Lipinski definition) is 1. The Morgan fingerprint density at radius 2 is 1.93 bits per heavy atom. The molecule has 9 heteroatoms. The van der Waals surface area contributed by atoms with E-state index in [0.29, 0.717) is 34.7 Å². The maximum atomic E-state index is 13.5. The maximum Gasteiger partial charge on any atom is 0.327 e. The number of sulfone groups is 1. The molecule has 2 aromatic carbocycles. The highest BCUT2D eigenvalue weighted by Gasteiger charge is 2.25. The summed E-state index contributed by atoms with van der Waals surface area (Å²) in [6, 6.07) is 8.05. The predicted octanol–water partition coefficient (Wildman–Crippen LogP) is 2.51. The summed E-state index contributed by atoms with van der Waals surface area (Å²) < 4.78 is 49.9. The Bertz CT molecular complexity index is 1170. The number of benzene rings is 2. The highest BCUT2D eigenvalue weighted by Crippen LogP contribution is 2.32. The summed E-state index contributed by atoms with van der Waals surface area (Å²) >= 11 is 0. The summed E-state index contributed by atoms with van der Waals surface area (Å²) in [4.78, 5) is 15.2. The van der Waals surface area contributed by atoms with Gasteiger partial charge in [0.25, 0.3) is 0 Å². The lowest BCUT2D eigenvalue weighted by Gasteiger charge is -2.20. The van der Waals surface area contributed by atoms with Gasteiger partial charge in [-0.25, -0.2) is 17.6 Å². The van der Waals surface area contributed by atoms with Gasteiger partial charge in [0.2, 0.25) is 0 Å². The Labute approximate surface area is 161 Å². The summed E-state index contributed by atoms with van der Waals surface area (Å²) in [5.74, 6) is 0.135. The van der Waals surface area contributed by atoms with Crippen molar-refractivity contribution in [3.63, 3.8) is 0 Å². The number of fused-ring (bicyclic) bond motifs is 1. The van der Waals surface area contributed by atoms with Gasteiger partial charge in [-0.15, -0.1) is 0 Å². The minimum Gasteiger partial charge on any atom is -0.493 e. The number of methoxy groups -OCH3 is 1. The second-order valence-corrected chi connectivity index (χ2v) is 8.60. The molecule has 0 radical (unpaired) electrons. The number of aromatic nitrogens is 2. The molecule has 0 aliphatic heterocycles. The fourth-order valence-corrected chi connectivity index (χ4v) is 4.10. The number of hydrogen-bond acceptors (Lipinski definition) is 5. The summed E-state index contributed by atoms with van der Waals surface area (Å²) in [6.45, 7) is 2.21. The van der Waals surface area contributed by atoms with E-state index >= 15 is 0 Å². The van der Waals surface area contributed by atoms with Crippen LogP contribution in [0.15, 0.2) is 41.2 Å². The number of rotatable bonds is 7. The van der Waals surface area contributed by atoms with Crippen molar-refractivity contribution in [2.45, 2.75) is 13.0 Å². The molecule has 0 saturated heterocycles. The molecule has 0 aliphatic carbocycles. The fourth-order valence-electron chi connectivity index (χ4n) is 3.19. The number of nitrogens with zero attached hydrogens (tertiary/aromatic N) is 1. The molecule has 1 atom stereocenters. The molecule has 1 N–H and O–H groups in total. The molecule has 1 unspecified atom stereocenters. The lowest BCUT2D eigenvalue weighted by Crippen LogP contribution is -2.28. The first-order chi connectivity index (χ1) is 13.2. The lowest BCUT2D eigenvalue weighted by molar-refractivity contribution is 0.310. The van der Waals surface area contributed by atoms with Crippen LogP contribution < -0.4 is 15.2 Å². The van der Waals surface area contributed by atoms with Gasteiger partial charge >= 0.3 is 5.69 Å². The summed E-state index contributed by atoms with van der Waals surface area (Å²) in [7, 11) is -1.95. The molecule has 0 spiro atoms. The van der Waals surface area contributed by atoms with Crippen LogP contribution in [0.1, 0.15) is 18.5 Å². The van der Waals surface area contributed by atoms with Crippen molar-refractivity contribution in [3.8, 4) is 11.5 Å². The SMILES string of the molecule is CCOc1cc(C(CS(C)(=O)=O)n2c(=O)[nH]c3cc(F)ccc32)ccc1OC. The number of aromatic amines is 1. The minimum atomic E-state index is -3.45. The van der Waals surface area contributed by atoms with Crippen LogP contribution in [0.2, 0.25) is 0 Å². The van der Waals surface area contributed by atoms with Gasteiger partial charge in [0.1, 0.15) is 15.7 Å². The highest BCUT2D eigenvalue weighted by atomic mass is 32.2. The molecule has 0 fully saturated rings. The van der Waals surface area contributed by atoms with Crippen molar-refractivity contribution >= 4 is 20.9 Å². The third-order valence-corrected chi connectivity index (χ3v) is 5.24. The minimum absolute atomic E-state index is 0.294. The van der Waals surface area contributed by atoms with Gasteiger partial charge in [0.05, 0.1) is 36.5 Å². The van der Waals surface area contributed by atoms with E-state index in [2.05, 4.69) is 4.98 Å².